The molecule has 172 valence electrons. The van der Waals surface area contributed by atoms with Crippen molar-refractivity contribution < 1.29 is 27.5 Å². The largest absolute Gasteiger partial charge is 0.487 e. The van der Waals surface area contributed by atoms with Crippen LogP contribution in [0.25, 0.3) is 0 Å². The molecule has 0 radical (unpaired) electrons. The number of ether oxygens (including phenoxy) is 1. The van der Waals surface area contributed by atoms with Gasteiger partial charge in [-0.15, -0.1) is 11.3 Å². The van der Waals surface area contributed by atoms with Gasteiger partial charge in [0.2, 0.25) is 0 Å². The van der Waals surface area contributed by atoms with Crippen molar-refractivity contribution in [3.8, 4) is 5.75 Å². The summed E-state index contributed by atoms with van der Waals surface area (Å²) >= 11 is 1.16. The Hall–Kier alpha value is -3.33. The Labute approximate surface area is 192 Å². The number of rotatable bonds is 5. The van der Waals surface area contributed by atoms with Crippen molar-refractivity contribution >= 4 is 28.2 Å². The molecule has 1 aliphatic heterocycles. The number of halogens is 3. The molecule has 0 spiro atoms. The van der Waals surface area contributed by atoms with Crippen LogP contribution in [0.4, 0.5) is 18.2 Å². The highest BCUT2D eigenvalue weighted by atomic mass is 32.1. The highest BCUT2D eigenvalue weighted by Gasteiger charge is 2.27. The molecular weight excluding hydrogens is 453 g/mol. The smallest absolute Gasteiger partial charge is 0.264 e. The van der Waals surface area contributed by atoms with Gasteiger partial charge in [-0.05, 0) is 48.9 Å². The van der Waals surface area contributed by atoms with Gasteiger partial charge in [0.1, 0.15) is 17.7 Å². The maximum atomic E-state index is 13.8. The Bertz CT molecular complexity index is 1190. The van der Waals surface area contributed by atoms with E-state index in [0.29, 0.717) is 35.8 Å². The second-order valence-corrected chi connectivity index (χ2v) is 8.82. The number of anilines is 1. The van der Waals surface area contributed by atoms with E-state index >= 15 is 0 Å². The molecule has 1 saturated heterocycles. The van der Waals surface area contributed by atoms with Crippen LogP contribution < -0.4 is 10.1 Å². The van der Waals surface area contributed by atoms with Crippen LogP contribution in [0.15, 0.2) is 48.5 Å². The number of carbonyl (C=O) groups is 2. The molecule has 4 rings (SSSR count). The molecule has 1 N–H and O–H groups in total. The second kappa shape index (κ2) is 9.66. The predicted molar refractivity (Wildman–Crippen MR) is 119 cm³/mol. The Morgan fingerprint density at radius 1 is 1.03 bits per heavy atom. The van der Waals surface area contributed by atoms with Gasteiger partial charge in [-0.25, -0.2) is 13.2 Å². The molecule has 1 aromatic heterocycles. The average Bonchev–Trinajstić information content (AvgIpc) is 3.15. The zero-order chi connectivity index (χ0) is 23.5. The standard InChI is InChI=1S/C24H21F3N2O3S/c1-14-11-21(28-23(30)15-3-2-4-16(25)12-15)33-22(14)24(31)29-9-7-18(8-10-29)32-20-6-5-17(26)13-19(20)27/h2-6,11-13,18H,7-10H2,1H3,(H,28,30). The zero-order valence-corrected chi connectivity index (χ0v) is 18.6. The fourth-order valence-corrected chi connectivity index (χ4v) is 4.68. The van der Waals surface area contributed by atoms with Crippen molar-refractivity contribution in [2.24, 2.45) is 0 Å². The van der Waals surface area contributed by atoms with Crippen molar-refractivity contribution in [3.05, 3.63) is 82.0 Å². The summed E-state index contributed by atoms with van der Waals surface area (Å²) in [5.41, 5.74) is 0.917. The molecule has 9 heteroatoms. The lowest BCUT2D eigenvalue weighted by atomic mass is 10.1. The van der Waals surface area contributed by atoms with E-state index in [2.05, 4.69) is 5.32 Å². The van der Waals surface area contributed by atoms with Crippen molar-refractivity contribution in [2.45, 2.75) is 25.9 Å². The molecule has 0 unspecified atom stereocenters. The number of amides is 2. The number of likely N-dealkylation sites (tertiary alicyclic amines) is 1. The number of hydrogen-bond donors (Lipinski definition) is 1. The minimum atomic E-state index is -0.754. The summed E-state index contributed by atoms with van der Waals surface area (Å²) in [7, 11) is 0. The van der Waals surface area contributed by atoms with E-state index in [1.807, 2.05) is 0 Å². The molecule has 0 atom stereocenters. The molecule has 2 aromatic carbocycles. The summed E-state index contributed by atoms with van der Waals surface area (Å²) in [5, 5.41) is 3.20. The molecule has 5 nitrogen and oxygen atoms in total. The summed E-state index contributed by atoms with van der Waals surface area (Å²) in [4.78, 5) is 27.6. The van der Waals surface area contributed by atoms with Crippen molar-refractivity contribution in [2.75, 3.05) is 18.4 Å². The van der Waals surface area contributed by atoms with E-state index in [4.69, 9.17) is 4.74 Å². The van der Waals surface area contributed by atoms with Crippen LogP contribution in [-0.2, 0) is 0 Å². The second-order valence-electron chi connectivity index (χ2n) is 7.77. The van der Waals surface area contributed by atoms with Crippen LogP contribution in [0.1, 0.15) is 38.4 Å². The maximum absolute atomic E-state index is 13.8. The molecular formula is C24H21F3N2O3S. The highest BCUT2D eigenvalue weighted by Crippen LogP contribution is 2.30. The molecule has 1 fully saturated rings. The van der Waals surface area contributed by atoms with Crippen molar-refractivity contribution in [1.29, 1.82) is 0 Å². The number of thiophene rings is 1. The first-order valence-electron chi connectivity index (χ1n) is 10.4. The van der Waals surface area contributed by atoms with Crippen LogP contribution in [0.5, 0.6) is 5.75 Å². The van der Waals surface area contributed by atoms with Crippen LogP contribution in [0, 0.1) is 24.4 Å². The van der Waals surface area contributed by atoms with E-state index in [1.54, 1.807) is 17.9 Å². The van der Waals surface area contributed by atoms with Gasteiger partial charge >= 0.3 is 0 Å². The third-order valence-corrected chi connectivity index (χ3v) is 6.49. The predicted octanol–water partition coefficient (Wildman–Crippen LogP) is 5.41. The normalized spacial score (nSPS) is 14.2. The number of hydrogen-bond acceptors (Lipinski definition) is 4. The van der Waals surface area contributed by atoms with E-state index in [-0.39, 0.29) is 23.3 Å². The molecule has 0 saturated carbocycles. The summed E-state index contributed by atoms with van der Waals surface area (Å²) in [6, 6.07) is 10.3. The van der Waals surface area contributed by atoms with Gasteiger partial charge in [-0.3, -0.25) is 9.59 Å². The lowest BCUT2D eigenvalue weighted by molar-refractivity contribution is 0.0592. The quantitative estimate of drug-likeness (QED) is 0.538. The lowest BCUT2D eigenvalue weighted by Gasteiger charge is -2.32. The topological polar surface area (TPSA) is 58.6 Å². The van der Waals surface area contributed by atoms with Crippen molar-refractivity contribution in [3.63, 3.8) is 0 Å². The molecule has 0 bridgehead atoms. The van der Waals surface area contributed by atoms with Crippen LogP contribution in [-0.4, -0.2) is 35.9 Å². The maximum Gasteiger partial charge on any atom is 0.264 e. The van der Waals surface area contributed by atoms with Crippen LogP contribution >= 0.6 is 11.3 Å². The zero-order valence-electron chi connectivity index (χ0n) is 17.7. The van der Waals surface area contributed by atoms with Crippen LogP contribution in [0.2, 0.25) is 0 Å². The number of nitrogens with one attached hydrogen (secondary N) is 1. The first-order chi connectivity index (χ1) is 15.8. The Kier molecular flexibility index (Phi) is 6.69. The summed E-state index contributed by atoms with van der Waals surface area (Å²) < 4.78 is 45.9. The molecule has 33 heavy (non-hydrogen) atoms. The number of benzene rings is 2. The van der Waals surface area contributed by atoms with Gasteiger partial charge < -0.3 is 15.0 Å². The number of aryl methyl sites for hydroxylation is 1. The number of carbonyl (C=O) groups excluding carboxylic acids is 2. The molecule has 2 heterocycles. The molecule has 2 amide bonds. The summed E-state index contributed by atoms with van der Waals surface area (Å²) in [6.45, 7) is 2.64. The third kappa shape index (κ3) is 5.36. The van der Waals surface area contributed by atoms with Gasteiger partial charge in [0, 0.05) is 37.6 Å². The first-order valence-corrected chi connectivity index (χ1v) is 11.2. The SMILES string of the molecule is Cc1cc(NC(=O)c2cccc(F)c2)sc1C(=O)N1CCC(Oc2ccc(F)cc2F)CC1. The van der Waals surface area contributed by atoms with Gasteiger partial charge in [0.15, 0.2) is 11.6 Å². The first kappa shape index (κ1) is 22.8. The highest BCUT2D eigenvalue weighted by molar-refractivity contribution is 7.18. The van der Waals surface area contributed by atoms with Gasteiger partial charge in [0.05, 0.1) is 9.88 Å². The number of nitrogens with zero attached hydrogens (tertiary/aromatic N) is 1. The lowest BCUT2D eigenvalue weighted by Crippen LogP contribution is -2.41. The Morgan fingerprint density at radius 2 is 1.76 bits per heavy atom. The minimum absolute atomic E-state index is 0.00559. The Balaban J connectivity index is 1.36. The molecule has 0 aliphatic carbocycles. The minimum Gasteiger partial charge on any atom is -0.487 e. The van der Waals surface area contributed by atoms with Gasteiger partial charge in [0.25, 0.3) is 11.8 Å². The van der Waals surface area contributed by atoms with E-state index in [0.717, 1.165) is 35.1 Å². The van der Waals surface area contributed by atoms with Gasteiger partial charge in [-0.1, -0.05) is 6.07 Å². The van der Waals surface area contributed by atoms with E-state index in [9.17, 15) is 22.8 Å². The third-order valence-electron chi connectivity index (χ3n) is 5.35. The summed E-state index contributed by atoms with van der Waals surface area (Å²) in [6.07, 6.45) is 0.742. The fourth-order valence-electron chi connectivity index (χ4n) is 3.64. The average molecular weight is 475 g/mol. The monoisotopic (exact) mass is 474 g/mol. The van der Waals surface area contributed by atoms with Gasteiger partial charge in [-0.2, -0.15) is 0 Å². The number of piperidine rings is 1. The molecule has 1 aliphatic rings. The van der Waals surface area contributed by atoms with E-state index in [1.165, 1.54) is 24.3 Å². The summed E-state index contributed by atoms with van der Waals surface area (Å²) in [5.74, 6) is -2.55. The fraction of sp³-hybridized carbons (Fsp3) is 0.250. The van der Waals surface area contributed by atoms with Crippen LogP contribution in [0.3, 0.4) is 0 Å². The van der Waals surface area contributed by atoms with E-state index < -0.39 is 23.4 Å². The Morgan fingerprint density at radius 3 is 2.45 bits per heavy atom. The van der Waals surface area contributed by atoms with Crippen molar-refractivity contribution in [1.82, 2.24) is 4.90 Å². The molecule has 3 aromatic rings.